The Balaban J connectivity index is 1.52. The molecule has 2 N–H and O–H groups in total. The molecule has 3 aromatic rings. The average Bonchev–Trinajstić information content (AvgIpc) is 2.68. The predicted molar refractivity (Wildman–Crippen MR) is 102 cm³/mol. The van der Waals surface area contributed by atoms with Gasteiger partial charge in [0, 0.05) is 17.8 Å². The lowest BCUT2D eigenvalue weighted by Gasteiger charge is -2.07. The minimum Gasteiger partial charge on any atom is -0.381 e. The standard InChI is InChI=1S/C21H19N3O/c25-21(24-23-16-18-9-5-2-6-10-18)19-11-13-20(14-12-19)22-15-17-7-3-1-4-8-17/h1-14,16,22H,15H2,(H,24,25)/b23-16+. The molecule has 0 saturated carbocycles. The molecular formula is C21H19N3O. The van der Waals surface area contributed by atoms with E-state index < -0.39 is 0 Å². The normalized spacial score (nSPS) is 10.6. The van der Waals surface area contributed by atoms with Crippen molar-refractivity contribution >= 4 is 17.8 Å². The monoisotopic (exact) mass is 329 g/mol. The molecule has 0 aliphatic rings. The molecule has 0 aliphatic carbocycles. The first-order chi connectivity index (χ1) is 12.3. The number of benzene rings is 3. The third-order valence-corrected chi connectivity index (χ3v) is 3.67. The highest BCUT2D eigenvalue weighted by Crippen LogP contribution is 2.11. The fourth-order valence-electron chi connectivity index (χ4n) is 2.31. The molecule has 0 atom stereocenters. The Hall–Kier alpha value is -3.40. The number of hydrogen-bond acceptors (Lipinski definition) is 3. The molecule has 0 radical (unpaired) electrons. The van der Waals surface area contributed by atoms with Gasteiger partial charge in [0.05, 0.1) is 6.21 Å². The molecule has 1 amide bonds. The molecule has 0 spiro atoms. The number of nitrogens with one attached hydrogen (secondary N) is 2. The largest absolute Gasteiger partial charge is 0.381 e. The van der Waals surface area contributed by atoms with Crippen LogP contribution in [-0.2, 0) is 6.54 Å². The molecule has 0 unspecified atom stereocenters. The van der Waals surface area contributed by atoms with Crippen molar-refractivity contribution in [2.24, 2.45) is 5.10 Å². The van der Waals surface area contributed by atoms with Crippen LogP contribution in [0.25, 0.3) is 0 Å². The second-order valence-corrected chi connectivity index (χ2v) is 5.53. The summed E-state index contributed by atoms with van der Waals surface area (Å²) >= 11 is 0. The highest BCUT2D eigenvalue weighted by Gasteiger charge is 2.03. The summed E-state index contributed by atoms with van der Waals surface area (Å²) in [6.07, 6.45) is 1.62. The molecule has 0 heterocycles. The zero-order chi connectivity index (χ0) is 17.3. The van der Waals surface area contributed by atoms with Gasteiger partial charge < -0.3 is 5.32 Å². The molecule has 0 aromatic heterocycles. The minimum atomic E-state index is -0.234. The number of rotatable bonds is 6. The summed E-state index contributed by atoms with van der Waals surface area (Å²) in [7, 11) is 0. The minimum absolute atomic E-state index is 0.234. The predicted octanol–water partition coefficient (Wildman–Crippen LogP) is 4.06. The topological polar surface area (TPSA) is 53.5 Å². The van der Waals surface area contributed by atoms with Gasteiger partial charge >= 0.3 is 0 Å². The number of amides is 1. The lowest BCUT2D eigenvalue weighted by Crippen LogP contribution is -2.17. The SMILES string of the molecule is O=C(N/N=C/c1ccccc1)c1ccc(NCc2ccccc2)cc1. The quantitative estimate of drug-likeness (QED) is 0.529. The van der Waals surface area contributed by atoms with Gasteiger partial charge in [0.25, 0.3) is 5.91 Å². The van der Waals surface area contributed by atoms with E-state index in [1.54, 1.807) is 18.3 Å². The second kappa shape index (κ2) is 8.45. The number of carbonyl (C=O) groups is 1. The lowest BCUT2D eigenvalue weighted by molar-refractivity contribution is 0.0955. The van der Waals surface area contributed by atoms with Crippen LogP contribution >= 0.6 is 0 Å². The molecule has 0 aliphatic heterocycles. The van der Waals surface area contributed by atoms with Gasteiger partial charge in [-0.25, -0.2) is 5.43 Å². The first kappa shape index (κ1) is 16.5. The van der Waals surface area contributed by atoms with Crippen molar-refractivity contribution < 1.29 is 4.79 Å². The maximum atomic E-state index is 12.1. The van der Waals surface area contributed by atoms with E-state index in [1.807, 2.05) is 60.7 Å². The average molecular weight is 329 g/mol. The summed E-state index contributed by atoms with van der Waals surface area (Å²) in [6.45, 7) is 0.744. The molecule has 3 rings (SSSR count). The molecule has 4 heteroatoms. The Bertz CT molecular complexity index is 828. The van der Waals surface area contributed by atoms with Crippen LogP contribution in [0.2, 0.25) is 0 Å². The zero-order valence-electron chi connectivity index (χ0n) is 13.7. The molecular weight excluding hydrogens is 310 g/mol. The van der Waals surface area contributed by atoms with Gasteiger partial charge in [0.1, 0.15) is 0 Å². The van der Waals surface area contributed by atoms with E-state index in [0.717, 1.165) is 17.8 Å². The van der Waals surface area contributed by atoms with Crippen molar-refractivity contribution in [3.05, 3.63) is 102 Å². The Morgan fingerprint density at radius 1 is 0.840 bits per heavy atom. The Morgan fingerprint density at radius 3 is 2.16 bits per heavy atom. The van der Waals surface area contributed by atoms with Gasteiger partial charge in [0.2, 0.25) is 0 Å². The molecule has 4 nitrogen and oxygen atoms in total. The van der Waals surface area contributed by atoms with Gasteiger partial charge in [-0.15, -0.1) is 0 Å². The highest BCUT2D eigenvalue weighted by atomic mass is 16.2. The second-order valence-electron chi connectivity index (χ2n) is 5.53. The van der Waals surface area contributed by atoms with Crippen LogP contribution in [0.15, 0.2) is 90.0 Å². The first-order valence-corrected chi connectivity index (χ1v) is 8.07. The van der Waals surface area contributed by atoms with Gasteiger partial charge in [-0.3, -0.25) is 4.79 Å². The van der Waals surface area contributed by atoms with E-state index in [2.05, 4.69) is 28.0 Å². The molecule has 25 heavy (non-hydrogen) atoms. The van der Waals surface area contributed by atoms with Crippen molar-refractivity contribution in [1.29, 1.82) is 0 Å². The summed E-state index contributed by atoms with van der Waals surface area (Å²) in [6, 6.07) is 27.1. The fraction of sp³-hybridized carbons (Fsp3) is 0.0476. The van der Waals surface area contributed by atoms with Crippen molar-refractivity contribution in [2.45, 2.75) is 6.54 Å². The van der Waals surface area contributed by atoms with Gasteiger partial charge in [-0.05, 0) is 35.4 Å². The van der Waals surface area contributed by atoms with E-state index in [4.69, 9.17) is 0 Å². The van der Waals surface area contributed by atoms with Crippen LogP contribution in [0.4, 0.5) is 5.69 Å². The van der Waals surface area contributed by atoms with Crippen LogP contribution in [-0.4, -0.2) is 12.1 Å². The third-order valence-electron chi connectivity index (χ3n) is 3.67. The van der Waals surface area contributed by atoms with Gasteiger partial charge in [-0.2, -0.15) is 5.10 Å². The van der Waals surface area contributed by atoms with E-state index in [9.17, 15) is 4.79 Å². The van der Waals surface area contributed by atoms with Gasteiger partial charge in [-0.1, -0.05) is 60.7 Å². The van der Waals surface area contributed by atoms with Crippen molar-refractivity contribution in [3.8, 4) is 0 Å². The summed E-state index contributed by atoms with van der Waals surface area (Å²) in [4.78, 5) is 12.1. The Labute approximate surface area is 147 Å². The Kier molecular flexibility index (Phi) is 5.56. The molecule has 0 fully saturated rings. The van der Waals surface area contributed by atoms with Gasteiger partial charge in [0.15, 0.2) is 0 Å². The number of nitrogens with zero attached hydrogens (tertiary/aromatic N) is 1. The van der Waals surface area contributed by atoms with Crippen molar-refractivity contribution in [1.82, 2.24) is 5.43 Å². The fourth-order valence-corrected chi connectivity index (χ4v) is 2.31. The van der Waals surface area contributed by atoms with E-state index in [0.29, 0.717) is 5.56 Å². The summed E-state index contributed by atoms with van der Waals surface area (Å²) in [5.74, 6) is -0.234. The number of carbonyl (C=O) groups excluding carboxylic acids is 1. The number of hydrogen-bond donors (Lipinski definition) is 2. The first-order valence-electron chi connectivity index (χ1n) is 8.07. The molecule has 0 bridgehead atoms. The summed E-state index contributed by atoms with van der Waals surface area (Å²) < 4.78 is 0. The van der Waals surface area contributed by atoms with Crippen LogP contribution < -0.4 is 10.7 Å². The summed E-state index contributed by atoms with van der Waals surface area (Å²) in [5.41, 5.74) is 6.21. The zero-order valence-corrected chi connectivity index (χ0v) is 13.7. The van der Waals surface area contributed by atoms with Crippen LogP contribution in [0.1, 0.15) is 21.5 Å². The van der Waals surface area contributed by atoms with E-state index in [-0.39, 0.29) is 5.91 Å². The Morgan fingerprint density at radius 2 is 1.48 bits per heavy atom. The van der Waals surface area contributed by atoms with Crippen LogP contribution in [0.3, 0.4) is 0 Å². The number of anilines is 1. The van der Waals surface area contributed by atoms with Crippen LogP contribution in [0.5, 0.6) is 0 Å². The third kappa shape index (κ3) is 5.04. The van der Waals surface area contributed by atoms with E-state index >= 15 is 0 Å². The lowest BCUT2D eigenvalue weighted by atomic mass is 10.2. The number of hydrazone groups is 1. The molecule has 0 saturated heterocycles. The maximum absolute atomic E-state index is 12.1. The molecule has 3 aromatic carbocycles. The smallest absolute Gasteiger partial charge is 0.271 e. The highest BCUT2D eigenvalue weighted by molar-refractivity contribution is 5.95. The van der Waals surface area contributed by atoms with Crippen molar-refractivity contribution in [3.63, 3.8) is 0 Å². The van der Waals surface area contributed by atoms with Crippen LogP contribution in [0, 0.1) is 0 Å². The van der Waals surface area contributed by atoms with E-state index in [1.165, 1.54) is 5.56 Å². The maximum Gasteiger partial charge on any atom is 0.271 e. The summed E-state index contributed by atoms with van der Waals surface area (Å²) in [5, 5.41) is 7.31. The van der Waals surface area contributed by atoms with Crippen molar-refractivity contribution in [2.75, 3.05) is 5.32 Å². The molecule has 124 valence electrons.